The molecular formula is C15H17NO3. The first-order chi connectivity index (χ1) is 9.22. The Kier molecular flexibility index (Phi) is 4.34. The van der Waals surface area contributed by atoms with Crippen LogP contribution in [0.5, 0.6) is 0 Å². The number of ether oxygens (including phenoxy) is 1. The first-order valence-electron chi connectivity index (χ1n) is 6.46. The molecule has 2 rings (SSSR count). The minimum atomic E-state index is -0.485. The van der Waals surface area contributed by atoms with Crippen LogP contribution in [-0.2, 0) is 20.7 Å². The second kappa shape index (κ2) is 6.18. The summed E-state index contributed by atoms with van der Waals surface area (Å²) in [6, 6.07) is 7.86. The Morgan fingerprint density at radius 1 is 1.32 bits per heavy atom. The summed E-state index contributed by atoms with van der Waals surface area (Å²) < 4.78 is 4.75. The van der Waals surface area contributed by atoms with Gasteiger partial charge in [0.1, 0.15) is 0 Å². The van der Waals surface area contributed by atoms with Gasteiger partial charge in [0.15, 0.2) is 0 Å². The number of carbonyl (C=O) groups is 2. The van der Waals surface area contributed by atoms with Crippen LogP contribution in [0.4, 0.5) is 5.69 Å². The third-order valence-electron chi connectivity index (χ3n) is 3.02. The Hall–Kier alpha value is -2.10. The highest BCUT2D eigenvalue weighted by Gasteiger charge is 2.20. The van der Waals surface area contributed by atoms with Crippen LogP contribution in [0.2, 0.25) is 0 Å². The maximum absolute atomic E-state index is 12.1. The van der Waals surface area contributed by atoms with E-state index in [1.807, 2.05) is 24.3 Å². The van der Waals surface area contributed by atoms with Gasteiger partial charge < -0.3 is 9.64 Å². The topological polar surface area (TPSA) is 46.6 Å². The monoisotopic (exact) mass is 259 g/mol. The quantitative estimate of drug-likeness (QED) is 0.617. The fourth-order valence-corrected chi connectivity index (χ4v) is 2.18. The number of fused-ring (bicyclic) bond motifs is 1. The van der Waals surface area contributed by atoms with Crippen LogP contribution in [0.15, 0.2) is 36.4 Å². The summed E-state index contributed by atoms with van der Waals surface area (Å²) in [6.45, 7) is 2.72. The van der Waals surface area contributed by atoms with E-state index in [0.717, 1.165) is 18.5 Å². The number of aryl methyl sites for hydroxylation is 1. The summed E-state index contributed by atoms with van der Waals surface area (Å²) >= 11 is 0. The second-order valence-electron chi connectivity index (χ2n) is 4.31. The van der Waals surface area contributed by atoms with Crippen LogP contribution < -0.4 is 4.90 Å². The number of hydrogen-bond acceptors (Lipinski definition) is 3. The molecule has 0 saturated carbocycles. The highest BCUT2D eigenvalue weighted by Crippen LogP contribution is 2.26. The van der Waals surface area contributed by atoms with E-state index in [1.165, 1.54) is 17.7 Å². The molecule has 0 N–H and O–H groups in total. The summed E-state index contributed by atoms with van der Waals surface area (Å²) in [5.41, 5.74) is 2.11. The van der Waals surface area contributed by atoms with E-state index in [9.17, 15) is 9.59 Å². The molecule has 0 radical (unpaired) electrons. The van der Waals surface area contributed by atoms with Gasteiger partial charge >= 0.3 is 5.97 Å². The van der Waals surface area contributed by atoms with Crippen molar-refractivity contribution >= 4 is 17.6 Å². The molecular weight excluding hydrogens is 242 g/mol. The van der Waals surface area contributed by atoms with E-state index in [-0.39, 0.29) is 5.91 Å². The molecule has 0 saturated heterocycles. The van der Waals surface area contributed by atoms with E-state index in [0.29, 0.717) is 13.2 Å². The van der Waals surface area contributed by atoms with Crippen molar-refractivity contribution in [2.45, 2.75) is 19.8 Å². The van der Waals surface area contributed by atoms with Crippen LogP contribution in [0.25, 0.3) is 0 Å². The van der Waals surface area contributed by atoms with Crippen molar-refractivity contribution in [3.63, 3.8) is 0 Å². The number of anilines is 1. The number of rotatable bonds is 3. The summed E-state index contributed by atoms with van der Waals surface area (Å²) in [6.07, 6.45) is 4.39. The number of hydrogen-bond donors (Lipinski definition) is 0. The lowest BCUT2D eigenvalue weighted by Gasteiger charge is -2.28. The van der Waals surface area contributed by atoms with Gasteiger partial charge in [-0.2, -0.15) is 0 Å². The molecule has 0 atom stereocenters. The van der Waals surface area contributed by atoms with Crippen LogP contribution in [0.1, 0.15) is 18.9 Å². The average molecular weight is 259 g/mol. The smallest absolute Gasteiger partial charge is 0.330 e. The molecule has 100 valence electrons. The van der Waals surface area contributed by atoms with Gasteiger partial charge in [-0.3, -0.25) is 4.79 Å². The molecule has 0 bridgehead atoms. The minimum Gasteiger partial charge on any atom is -0.463 e. The first-order valence-corrected chi connectivity index (χ1v) is 6.46. The summed E-state index contributed by atoms with van der Waals surface area (Å²) in [4.78, 5) is 25.0. The molecule has 4 nitrogen and oxygen atoms in total. The lowest BCUT2D eigenvalue weighted by Crippen LogP contribution is -2.34. The van der Waals surface area contributed by atoms with Crippen molar-refractivity contribution in [3.05, 3.63) is 42.0 Å². The summed E-state index contributed by atoms with van der Waals surface area (Å²) in [5.74, 6) is -0.665. The second-order valence-corrected chi connectivity index (χ2v) is 4.31. The summed E-state index contributed by atoms with van der Waals surface area (Å²) in [5, 5.41) is 0. The number of benzene rings is 1. The van der Waals surface area contributed by atoms with Crippen LogP contribution in [0.3, 0.4) is 0 Å². The van der Waals surface area contributed by atoms with Crippen molar-refractivity contribution in [2.24, 2.45) is 0 Å². The Morgan fingerprint density at radius 2 is 2.11 bits per heavy atom. The standard InChI is InChI=1S/C15H17NO3/c1-2-19-15(18)10-9-14(17)16-11-5-7-12-6-3-4-8-13(12)16/h3-4,6,8-10H,2,5,7,11H2,1H3/b10-9-. The fraction of sp³-hybridized carbons (Fsp3) is 0.333. The van der Waals surface area contributed by atoms with E-state index in [2.05, 4.69) is 0 Å². The van der Waals surface area contributed by atoms with Crippen molar-refractivity contribution in [2.75, 3.05) is 18.1 Å². The largest absolute Gasteiger partial charge is 0.463 e. The molecule has 1 aliphatic heterocycles. The molecule has 19 heavy (non-hydrogen) atoms. The molecule has 0 unspecified atom stereocenters. The molecule has 1 aromatic rings. The maximum Gasteiger partial charge on any atom is 0.330 e. The molecule has 1 heterocycles. The van der Waals surface area contributed by atoms with Crippen molar-refractivity contribution in [1.29, 1.82) is 0 Å². The number of nitrogens with zero attached hydrogens (tertiary/aromatic N) is 1. The van der Waals surface area contributed by atoms with E-state index < -0.39 is 5.97 Å². The van der Waals surface area contributed by atoms with Crippen LogP contribution in [-0.4, -0.2) is 25.0 Å². The number of esters is 1. The van der Waals surface area contributed by atoms with Crippen molar-refractivity contribution in [3.8, 4) is 0 Å². The predicted octanol–water partition coefficient (Wildman–Crippen LogP) is 2.09. The summed E-state index contributed by atoms with van der Waals surface area (Å²) in [7, 11) is 0. The zero-order valence-corrected chi connectivity index (χ0v) is 11.0. The highest BCUT2D eigenvalue weighted by atomic mass is 16.5. The van der Waals surface area contributed by atoms with E-state index in [1.54, 1.807) is 11.8 Å². The van der Waals surface area contributed by atoms with Gasteiger partial charge in [-0.1, -0.05) is 18.2 Å². The SMILES string of the molecule is CCOC(=O)/C=C\C(=O)N1CCCc2ccccc21. The average Bonchev–Trinajstić information content (AvgIpc) is 2.44. The molecule has 1 aliphatic rings. The van der Waals surface area contributed by atoms with Crippen LogP contribution >= 0.6 is 0 Å². The number of para-hydroxylation sites is 1. The Bertz CT molecular complexity index is 508. The Balaban J connectivity index is 2.11. The lowest BCUT2D eigenvalue weighted by molar-refractivity contribution is -0.137. The first kappa shape index (κ1) is 13.3. The van der Waals surface area contributed by atoms with Gasteiger partial charge in [-0.15, -0.1) is 0 Å². The van der Waals surface area contributed by atoms with Gasteiger partial charge in [0, 0.05) is 24.4 Å². The zero-order chi connectivity index (χ0) is 13.7. The molecule has 0 spiro atoms. The van der Waals surface area contributed by atoms with Crippen molar-refractivity contribution < 1.29 is 14.3 Å². The molecule has 1 amide bonds. The van der Waals surface area contributed by atoms with Crippen molar-refractivity contribution in [1.82, 2.24) is 0 Å². The van der Waals surface area contributed by atoms with E-state index in [4.69, 9.17) is 4.74 Å². The number of carbonyl (C=O) groups excluding carboxylic acids is 2. The molecule has 0 fully saturated rings. The third-order valence-corrected chi connectivity index (χ3v) is 3.02. The maximum atomic E-state index is 12.1. The third kappa shape index (κ3) is 3.22. The molecule has 0 aromatic heterocycles. The molecule has 1 aromatic carbocycles. The van der Waals surface area contributed by atoms with Gasteiger partial charge in [0.05, 0.1) is 6.61 Å². The number of amides is 1. The Labute approximate surface area is 112 Å². The van der Waals surface area contributed by atoms with Gasteiger partial charge in [0.25, 0.3) is 5.91 Å². The van der Waals surface area contributed by atoms with Gasteiger partial charge in [-0.05, 0) is 31.4 Å². The lowest BCUT2D eigenvalue weighted by atomic mass is 10.0. The van der Waals surface area contributed by atoms with Crippen LogP contribution in [0, 0.1) is 0 Å². The zero-order valence-electron chi connectivity index (χ0n) is 11.0. The van der Waals surface area contributed by atoms with Gasteiger partial charge in [-0.25, -0.2) is 4.79 Å². The highest BCUT2D eigenvalue weighted by molar-refractivity contribution is 6.04. The van der Waals surface area contributed by atoms with Gasteiger partial charge in [0.2, 0.25) is 0 Å². The fourth-order valence-electron chi connectivity index (χ4n) is 2.18. The Morgan fingerprint density at radius 3 is 2.89 bits per heavy atom. The van der Waals surface area contributed by atoms with E-state index >= 15 is 0 Å². The molecule has 0 aliphatic carbocycles. The predicted molar refractivity (Wildman–Crippen MR) is 72.9 cm³/mol. The minimum absolute atomic E-state index is 0.180. The normalized spacial score (nSPS) is 14.3. The molecule has 4 heteroatoms.